The van der Waals surface area contributed by atoms with Gasteiger partial charge in [0, 0.05) is 38.0 Å². The summed E-state index contributed by atoms with van der Waals surface area (Å²) >= 11 is 6.86. The van der Waals surface area contributed by atoms with E-state index in [0.717, 1.165) is 55.1 Å². The van der Waals surface area contributed by atoms with E-state index >= 15 is 0 Å². The highest BCUT2D eigenvalue weighted by molar-refractivity contribution is 6.34. The van der Waals surface area contributed by atoms with Crippen LogP contribution in [0, 0.1) is 0 Å². The predicted molar refractivity (Wildman–Crippen MR) is 171 cm³/mol. The van der Waals surface area contributed by atoms with Crippen LogP contribution in [0.25, 0.3) is 78.0 Å². The number of nitrogens with zero attached hydrogens (tertiary/aromatic N) is 3. The lowest BCUT2D eigenvalue weighted by Crippen LogP contribution is -2.00. The molecule has 0 aliphatic rings. The zero-order valence-electron chi connectivity index (χ0n) is 22.3. The van der Waals surface area contributed by atoms with Gasteiger partial charge in [0.05, 0.1) is 0 Å². The van der Waals surface area contributed by atoms with Crippen molar-refractivity contribution < 1.29 is 4.42 Å². The number of hydrogen-bond donors (Lipinski definition) is 0. The fraction of sp³-hybridized carbons (Fsp3) is 0. The molecule has 42 heavy (non-hydrogen) atoms. The van der Waals surface area contributed by atoms with Crippen LogP contribution in [0.4, 0.5) is 0 Å². The van der Waals surface area contributed by atoms with Crippen LogP contribution in [0.3, 0.4) is 0 Å². The summed E-state index contributed by atoms with van der Waals surface area (Å²) in [4.78, 5) is 14.8. The summed E-state index contributed by atoms with van der Waals surface area (Å²) in [7, 11) is 0. The molecule has 0 amide bonds. The highest BCUT2D eigenvalue weighted by atomic mass is 35.5. The summed E-state index contributed by atoms with van der Waals surface area (Å²) < 4.78 is 6.15. The second-order valence-corrected chi connectivity index (χ2v) is 10.6. The average molecular weight is 560 g/mol. The maximum Gasteiger partial charge on any atom is 0.164 e. The Balaban J connectivity index is 1.33. The molecular weight excluding hydrogens is 538 g/mol. The van der Waals surface area contributed by atoms with Crippen molar-refractivity contribution in [3.63, 3.8) is 0 Å². The van der Waals surface area contributed by atoms with E-state index in [1.54, 1.807) is 0 Å². The Morgan fingerprint density at radius 3 is 1.93 bits per heavy atom. The normalized spacial score (nSPS) is 11.5. The summed E-state index contributed by atoms with van der Waals surface area (Å²) in [5.41, 5.74) is 6.25. The molecule has 8 aromatic rings. The van der Waals surface area contributed by atoms with Crippen LogP contribution in [0.1, 0.15) is 0 Å². The number of benzene rings is 6. The Kier molecular flexibility index (Phi) is 5.80. The molecule has 0 atom stereocenters. The predicted octanol–water partition coefficient (Wildman–Crippen LogP) is 10.2. The zero-order valence-corrected chi connectivity index (χ0v) is 23.1. The first-order valence-electron chi connectivity index (χ1n) is 13.7. The smallest absolute Gasteiger partial charge is 0.164 e. The number of halogens is 1. The van der Waals surface area contributed by atoms with Crippen molar-refractivity contribution >= 4 is 44.3 Å². The van der Waals surface area contributed by atoms with E-state index < -0.39 is 0 Å². The van der Waals surface area contributed by atoms with Gasteiger partial charge in [0.1, 0.15) is 11.2 Å². The van der Waals surface area contributed by atoms with Gasteiger partial charge in [0.15, 0.2) is 17.5 Å². The first-order chi connectivity index (χ1) is 20.7. The van der Waals surface area contributed by atoms with Crippen LogP contribution in [-0.4, -0.2) is 15.0 Å². The summed E-state index contributed by atoms with van der Waals surface area (Å²) in [6.45, 7) is 0. The van der Waals surface area contributed by atoms with Crippen LogP contribution in [-0.2, 0) is 0 Å². The molecule has 0 fully saturated rings. The Morgan fingerprint density at radius 1 is 0.452 bits per heavy atom. The van der Waals surface area contributed by atoms with Crippen LogP contribution in [0.5, 0.6) is 0 Å². The Bertz CT molecular complexity index is 2270. The van der Waals surface area contributed by atoms with E-state index in [9.17, 15) is 0 Å². The molecule has 0 aliphatic carbocycles. The minimum absolute atomic E-state index is 0.578. The number of aromatic nitrogens is 3. The molecule has 0 spiro atoms. The highest BCUT2D eigenvalue weighted by Gasteiger charge is 2.17. The van der Waals surface area contributed by atoms with Crippen molar-refractivity contribution in [3.05, 3.63) is 138 Å². The maximum atomic E-state index is 6.86. The standard InChI is InChI=1S/C37H22ClN3O/c38-31-20-19-27(22-30(31)28-14-8-16-33-34(28)29-13-6-7-15-32(29)42-33)37-40-35(24-10-2-1-3-11-24)39-36(41-37)26-18-17-23-9-4-5-12-25(23)21-26/h1-22H. The van der Waals surface area contributed by atoms with Crippen LogP contribution < -0.4 is 0 Å². The maximum absolute atomic E-state index is 6.86. The van der Waals surface area contributed by atoms with E-state index in [2.05, 4.69) is 48.5 Å². The third kappa shape index (κ3) is 4.21. The van der Waals surface area contributed by atoms with E-state index in [1.807, 2.05) is 84.9 Å². The van der Waals surface area contributed by atoms with Gasteiger partial charge in [-0.25, -0.2) is 15.0 Å². The zero-order chi connectivity index (χ0) is 28.0. The molecule has 2 aromatic heterocycles. The van der Waals surface area contributed by atoms with Crippen molar-refractivity contribution in [2.45, 2.75) is 0 Å². The Hall–Kier alpha value is -5.32. The molecule has 0 aliphatic heterocycles. The fourth-order valence-corrected chi connectivity index (χ4v) is 5.77. The first kappa shape index (κ1) is 24.5. The number of rotatable bonds is 4. The molecule has 0 unspecified atom stereocenters. The lowest BCUT2D eigenvalue weighted by atomic mass is 9.97. The lowest BCUT2D eigenvalue weighted by Gasteiger charge is -2.11. The summed E-state index contributed by atoms with van der Waals surface area (Å²) in [6.07, 6.45) is 0. The van der Waals surface area contributed by atoms with Gasteiger partial charge in [-0.3, -0.25) is 0 Å². The molecule has 8 rings (SSSR count). The van der Waals surface area contributed by atoms with Crippen LogP contribution >= 0.6 is 11.6 Å². The van der Waals surface area contributed by atoms with Crippen molar-refractivity contribution in [3.8, 4) is 45.3 Å². The number of hydrogen-bond acceptors (Lipinski definition) is 4. The first-order valence-corrected chi connectivity index (χ1v) is 14.1. The SMILES string of the molecule is Clc1ccc(-c2nc(-c3ccccc3)nc(-c3ccc4ccccc4c3)n2)cc1-c1cccc2oc3ccccc3c12. The molecule has 0 saturated carbocycles. The van der Waals surface area contributed by atoms with Crippen LogP contribution in [0.15, 0.2) is 138 Å². The van der Waals surface area contributed by atoms with Gasteiger partial charge < -0.3 is 4.42 Å². The van der Waals surface area contributed by atoms with Gasteiger partial charge >= 0.3 is 0 Å². The molecule has 0 saturated heterocycles. The third-order valence-corrected chi connectivity index (χ3v) is 7.92. The molecule has 2 heterocycles. The molecule has 5 heteroatoms. The molecule has 6 aromatic carbocycles. The van der Waals surface area contributed by atoms with E-state index in [1.165, 1.54) is 5.39 Å². The Labute approximate surface area is 246 Å². The lowest BCUT2D eigenvalue weighted by molar-refractivity contribution is 0.669. The molecular formula is C37H22ClN3O. The Morgan fingerprint density at radius 2 is 1.10 bits per heavy atom. The van der Waals surface area contributed by atoms with Crippen LogP contribution in [0.2, 0.25) is 5.02 Å². The largest absolute Gasteiger partial charge is 0.456 e. The van der Waals surface area contributed by atoms with Gasteiger partial charge in [0.2, 0.25) is 0 Å². The molecule has 0 N–H and O–H groups in total. The van der Waals surface area contributed by atoms with Gasteiger partial charge in [-0.1, -0.05) is 109 Å². The monoisotopic (exact) mass is 559 g/mol. The minimum Gasteiger partial charge on any atom is -0.456 e. The van der Waals surface area contributed by atoms with Crippen molar-refractivity contribution in [2.24, 2.45) is 0 Å². The number of fused-ring (bicyclic) bond motifs is 4. The molecule has 0 bridgehead atoms. The van der Waals surface area contributed by atoms with Gasteiger partial charge in [0.25, 0.3) is 0 Å². The van der Waals surface area contributed by atoms with Gasteiger partial charge in [-0.15, -0.1) is 0 Å². The van der Waals surface area contributed by atoms with Crippen molar-refractivity contribution in [1.82, 2.24) is 15.0 Å². The second-order valence-electron chi connectivity index (χ2n) is 10.2. The van der Waals surface area contributed by atoms with E-state index in [4.69, 9.17) is 31.0 Å². The van der Waals surface area contributed by atoms with Crippen molar-refractivity contribution in [2.75, 3.05) is 0 Å². The molecule has 4 nitrogen and oxygen atoms in total. The third-order valence-electron chi connectivity index (χ3n) is 7.59. The second kappa shape index (κ2) is 9.95. The average Bonchev–Trinajstić information content (AvgIpc) is 3.44. The topological polar surface area (TPSA) is 51.8 Å². The summed E-state index contributed by atoms with van der Waals surface area (Å²) in [5, 5.41) is 5.03. The highest BCUT2D eigenvalue weighted by Crippen LogP contribution is 2.40. The summed E-state index contributed by atoms with van der Waals surface area (Å²) in [5.74, 6) is 1.81. The van der Waals surface area contributed by atoms with Gasteiger partial charge in [-0.05, 0) is 52.7 Å². The minimum atomic E-state index is 0.578. The van der Waals surface area contributed by atoms with Gasteiger partial charge in [-0.2, -0.15) is 0 Å². The number of para-hydroxylation sites is 1. The van der Waals surface area contributed by atoms with E-state index in [0.29, 0.717) is 22.5 Å². The molecule has 0 radical (unpaired) electrons. The molecule has 198 valence electrons. The van der Waals surface area contributed by atoms with Crippen molar-refractivity contribution in [1.29, 1.82) is 0 Å². The quantitative estimate of drug-likeness (QED) is 0.215. The fourth-order valence-electron chi connectivity index (χ4n) is 5.55. The summed E-state index contributed by atoms with van der Waals surface area (Å²) in [6, 6.07) is 44.7. The number of furan rings is 1. The van der Waals surface area contributed by atoms with E-state index in [-0.39, 0.29) is 0 Å².